The molecule has 7 unspecified atom stereocenters. The number of fused-ring (bicyclic) bond motifs is 1. The lowest BCUT2D eigenvalue weighted by atomic mass is 9.84. The Bertz CT molecular complexity index is 1040. The molecule has 15 heteroatoms. The van der Waals surface area contributed by atoms with Crippen molar-refractivity contribution in [2.45, 2.75) is 73.8 Å². The average molecular weight is 535 g/mol. The molecule has 2 bridgehead atoms. The van der Waals surface area contributed by atoms with E-state index in [0.29, 0.717) is 12.8 Å². The van der Waals surface area contributed by atoms with Crippen LogP contribution in [0.4, 0.5) is 13.2 Å². The van der Waals surface area contributed by atoms with E-state index in [-0.39, 0.29) is 12.3 Å². The average Bonchev–Trinajstić information content (AvgIpc) is 3.36. The minimum Gasteiger partial charge on any atom is -0.465 e. The van der Waals surface area contributed by atoms with E-state index in [1.165, 1.54) is 0 Å². The van der Waals surface area contributed by atoms with Crippen molar-refractivity contribution in [2.24, 2.45) is 23.7 Å². The lowest BCUT2D eigenvalue weighted by molar-refractivity contribution is -0.168. The zero-order chi connectivity index (χ0) is 25.1. The molecule has 0 amide bonds. The summed E-state index contributed by atoms with van der Waals surface area (Å²) in [7, 11) is -10.2. The van der Waals surface area contributed by atoms with Crippen molar-refractivity contribution in [1.29, 1.82) is 0 Å². The Labute approximate surface area is 194 Å². The van der Waals surface area contributed by atoms with E-state index in [9.17, 15) is 39.6 Å². The van der Waals surface area contributed by atoms with Crippen LogP contribution in [0.3, 0.4) is 0 Å². The van der Waals surface area contributed by atoms with Crippen LogP contribution in [0.25, 0.3) is 0 Å². The van der Waals surface area contributed by atoms with E-state index in [1.54, 1.807) is 0 Å². The van der Waals surface area contributed by atoms with Gasteiger partial charge in [0.2, 0.25) is 0 Å². The monoisotopic (exact) mass is 534 g/mol. The topological polar surface area (TPSA) is 150 Å². The summed E-state index contributed by atoms with van der Waals surface area (Å²) >= 11 is 0. The van der Waals surface area contributed by atoms with Crippen LogP contribution in [0, 0.1) is 23.7 Å². The Hall–Kier alpha value is -1.45. The van der Waals surface area contributed by atoms with Crippen molar-refractivity contribution >= 4 is 32.2 Å². The quantitative estimate of drug-likeness (QED) is 0.276. The van der Waals surface area contributed by atoms with Gasteiger partial charge in [-0.2, -0.15) is 25.6 Å². The minimum atomic E-state index is -6.02. The normalized spacial score (nSPS) is 35.8. The summed E-state index contributed by atoms with van der Waals surface area (Å²) in [6.45, 7) is -0.984. The molecular weight excluding hydrogens is 509 g/mol. The molecule has 7 atom stereocenters. The highest BCUT2D eigenvalue weighted by atomic mass is 32.2. The Kier molecular flexibility index (Phi) is 6.70. The molecule has 10 nitrogen and oxygen atoms in total. The van der Waals surface area contributed by atoms with Gasteiger partial charge in [0.15, 0.2) is 6.17 Å². The number of carbonyl (C=O) groups is 2. The van der Waals surface area contributed by atoms with E-state index in [4.69, 9.17) is 18.2 Å². The molecule has 1 aliphatic heterocycles. The third-order valence-electron chi connectivity index (χ3n) is 7.31. The summed E-state index contributed by atoms with van der Waals surface area (Å²) in [6.07, 6.45) is -2.27. The molecule has 34 heavy (non-hydrogen) atoms. The molecule has 3 aliphatic carbocycles. The Balaban J connectivity index is 1.43. The number of esters is 2. The summed E-state index contributed by atoms with van der Waals surface area (Å²) < 4.78 is 111. The van der Waals surface area contributed by atoms with E-state index in [2.05, 4.69) is 0 Å². The van der Waals surface area contributed by atoms with Crippen molar-refractivity contribution < 1.29 is 57.8 Å². The smallest absolute Gasteiger partial charge is 0.400 e. The summed E-state index contributed by atoms with van der Waals surface area (Å²) in [5.41, 5.74) is 0. The van der Waals surface area contributed by atoms with Gasteiger partial charge < -0.3 is 9.47 Å². The van der Waals surface area contributed by atoms with E-state index in [1.807, 2.05) is 0 Å². The molecular formula is C19H25F3O10S2. The van der Waals surface area contributed by atoms with Gasteiger partial charge in [0.1, 0.15) is 17.5 Å². The second-order valence-corrected chi connectivity index (χ2v) is 12.5. The fraction of sp³-hybridized carbons (Fsp3) is 0.895. The molecule has 0 aromatic rings. The highest BCUT2D eigenvalue weighted by Crippen LogP contribution is 2.59. The number of alkyl halides is 3. The van der Waals surface area contributed by atoms with Crippen molar-refractivity contribution in [3.8, 4) is 0 Å². The van der Waals surface area contributed by atoms with Crippen molar-refractivity contribution in [3.05, 3.63) is 0 Å². The standard InChI is InChI=1S/C19H25F3O10S2/c20-12(19(21,22)34(27,28)29)6-7-30-18(24)13-10-8-11-15(32-33(25,26)16(11)13)14(10)31-17(23)9-4-2-1-3-5-9/h9-16H,1-8H2,(H,27,28,29). The number of hydrogen-bond acceptors (Lipinski definition) is 9. The molecule has 0 spiro atoms. The first-order valence-corrected chi connectivity index (χ1v) is 13.9. The molecule has 0 aromatic carbocycles. The fourth-order valence-corrected chi connectivity index (χ4v) is 8.21. The number of hydrogen-bond donors (Lipinski definition) is 1. The number of halogens is 3. The van der Waals surface area contributed by atoms with E-state index >= 15 is 0 Å². The van der Waals surface area contributed by atoms with Crippen molar-refractivity contribution in [3.63, 3.8) is 0 Å². The van der Waals surface area contributed by atoms with E-state index < -0.39 is 91.8 Å². The minimum absolute atomic E-state index is 0.212. The first kappa shape index (κ1) is 25.6. The Morgan fingerprint density at radius 3 is 2.38 bits per heavy atom. The number of carbonyl (C=O) groups excluding carboxylic acids is 2. The lowest BCUT2D eigenvalue weighted by Gasteiger charge is -2.31. The van der Waals surface area contributed by atoms with Gasteiger partial charge in [-0.05, 0) is 19.3 Å². The molecule has 4 fully saturated rings. The molecule has 0 aromatic heterocycles. The number of ether oxygens (including phenoxy) is 2. The van der Waals surface area contributed by atoms with Gasteiger partial charge in [-0.1, -0.05) is 19.3 Å². The van der Waals surface area contributed by atoms with Crippen LogP contribution in [-0.4, -0.2) is 68.8 Å². The maximum absolute atomic E-state index is 13.7. The summed E-state index contributed by atoms with van der Waals surface area (Å²) in [6, 6.07) is 0. The van der Waals surface area contributed by atoms with Crippen LogP contribution in [0.15, 0.2) is 0 Å². The van der Waals surface area contributed by atoms with Crippen LogP contribution in [0.1, 0.15) is 44.9 Å². The first-order chi connectivity index (χ1) is 15.8. The maximum Gasteiger partial charge on any atom is 0.400 e. The molecule has 0 radical (unpaired) electrons. The van der Waals surface area contributed by atoms with Crippen LogP contribution < -0.4 is 0 Å². The largest absolute Gasteiger partial charge is 0.465 e. The van der Waals surface area contributed by atoms with Crippen molar-refractivity contribution in [2.75, 3.05) is 6.61 Å². The SMILES string of the molecule is O=C(OC1C2CC3C1OS(=O)(=O)C3C2C(=O)OCCC(F)C(F)(F)S(=O)(=O)O)C1CCCCC1. The molecule has 194 valence electrons. The van der Waals surface area contributed by atoms with Gasteiger partial charge >= 0.3 is 27.3 Å². The van der Waals surface area contributed by atoms with Gasteiger partial charge in [0.05, 0.1) is 18.4 Å². The molecule has 3 saturated carbocycles. The molecule has 1 saturated heterocycles. The second kappa shape index (κ2) is 8.89. The van der Waals surface area contributed by atoms with E-state index in [0.717, 1.165) is 19.3 Å². The van der Waals surface area contributed by atoms with Gasteiger partial charge in [0, 0.05) is 18.3 Å². The fourth-order valence-electron chi connectivity index (χ4n) is 5.71. The molecule has 4 rings (SSSR count). The molecule has 4 aliphatic rings. The summed E-state index contributed by atoms with van der Waals surface area (Å²) in [4.78, 5) is 25.4. The van der Waals surface area contributed by atoms with Gasteiger partial charge in [-0.25, -0.2) is 4.39 Å². The van der Waals surface area contributed by atoms with Crippen LogP contribution in [-0.2, 0) is 43.5 Å². The Morgan fingerprint density at radius 1 is 1.12 bits per heavy atom. The van der Waals surface area contributed by atoms with Crippen LogP contribution in [0.5, 0.6) is 0 Å². The predicted molar refractivity (Wildman–Crippen MR) is 106 cm³/mol. The zero-order valence-electron chi connectivity index (χ0n) is 17.8. The first-order valence-electron chi connectivity index (χ1n) is 11.0. The van der Waals surface area contributed by atoms with Gasteiger partial charge in [0.25, 0.3) is 10.1 Å². The maximum atomic E-state index is 13.7. The molecule has 1 N–H and O–H groups in total. The summed E-state index contributed by atoms with van der Waals surface area (Å²) in [5, 5.41) is -6.36. The number of rotatable bonds is 8. The molecule has 1 heterocycles. The van der Waals surface area contributed by atoms with Crippen LogP contribution in [0.2, 0.25) is 0 Å². The highest BCUT2D eigenvalue weighted by molar-refractivity contribution is 7.87. The summed E-state index contributed by atoms with van der Waals surface area (Å²) in [5.74, 6) is -4.59. The van der Waals surface area contributed by atoms with Gasteiger partial charge in [-0.3, -0.25) is 18.3 Å². The highest BCUT2D eigenvalue weighted by Gasteiger charge is 2.72. The van der Waals surface area contributed by atoms with Gasteiger partial charge in [-0.15, -0.1) is 0 Å². The lowest BCUT2D eigenvalue weighted by Crippen LogP contribution is -2.46. The third-order valence-corrected chi connectivity index (χ3v) is 10.1. The predicted octanol–water partition coefficient (Wildman–Crippen LogP) is 1.59. The second-order valence-electron chi connectivity index (χ2n) is 9.30. The zero-order valence-corrected chi connectivity index (χ0v) is 19.5. The van der Waals surface area contributed by atoms with Crippen LogP contribution >= 0.6 is 0 Å². The Morgan fingerprint density at radius 2 is 1.76 bits per heavy atom. The third kappa shape index (κ3) is 4.32. The van der Waals surface area contributed by atoms with Crippen molar-refractivity contribution in [1.82, 2.24) is 0 Å².